The first-order chi connectivity index (χ1) is 10.4. The zero-order chi connectivity index (χ0) is 14.5. The molecule has 3 nitrogen and oxygen atoms in total. The topological polar surface area (TPSA) is 18.5 Å². The van der Waals surface area contributed by atoms with Crippen LogP contribution in [-0.2, 0) is 0 Å². The highest BCUT2D eigenvalue weighted by atomic mass is 35.5. The van der Waals surface area contributed by atoms with Crippen LogP contribution in [0.15, 0.2) is 36.9 Å². The molecule has 5 heteroatoms. The van der Waals surface area contributed by atoms with E-state index >= 15 is 0 Å². The van der Waals surface area contributed by atoms with Crippen molar-refractivity contribution in [3.63, 3.8) is 0 Å². The summed E-state index contributed by atoms with van der Waals surface area (Å²) in [6.45, 7) is 10.8. The van der Waals surface area contributed by atoms with Crippen molar-refractivity contribution in [3.8, 4) is 0 Å². The summed E-state index contributed by atoms with van der Waals surface area (Å²) in [6.07, 6.45) is 5.76. The Balaban J connectivity index is 0.00000132. The monoisotopic (exact) mass is 357 g/mol. The summed E-state index contributed by atoms with van der Waals surface area (Å²) < 4.78 is 0. The first-order valence-corrected chi connectivity index (χ1v) is 8.29. The molecule has 0 bridgehead atoms. The van der Waals surface area contributed by atoms with E-state index < -0.39 is 0 Å². The van der Waals surface area contributed by atoms with E-state index in [2.05, 4.69) is 52.0 Å². The molecule has 130 valence electrons. The fourth-order valence-corrected chi connectivity index (χ4v) is 3.53. The number of piperazine rings is 1. The van der Waals surface area contributed by atoms with E-state index in [1.165, 1.54) is 37.2 Å². The van der Waals surface area contributed by atoms with E-state index in [0.29, 0.717) is 6.04 Å². The zero-order valence-corrected chi connectivity index (χ0v) is 15.4. The minimum atomic E-state index is 0. The smallest absolute Gasteiger partial charge is 0.0383 e. The Morgan fingerprint density at radius 2 is 1.61 bits per heavy atom. The zero-order valence-electron chi connectivity index (χ0n) is 13.7. The highest BCUT2D eigenvalue weighted by Gasteiger charge is 2.21. The van der Waals surface area contributed by atoms with E-state index in [0.717, 1.165) is 32.6 Å². The van der Waals surface area contributed by atoms with E-state index in [9.17, 15) is 0 Å². The Labute approximate surface area is 152 Å². The predicted octanol–water partition coefficient (Wildman–Crippen LogP) is 3.65. The van der Waals surface area contributed by atoms with Gasteiger partial charge in [0, 0.05) is 51.0 Å². The van der Waals surface area contributed by atoms with Gasteiger partial charge in [-0.05, 0) is 37.0 Å². The number of anilines is 1. The van der Waals surface area contributed by atoms with Gasteiger partial charge in [0.1, 0.15) is 0 Å². The first kappa shape index (κ1) is 20.3. The lowest BCUT2D eigenvalue weighted by Crippen LogP contribution is -2.45. The molecule has 0 amide bonds. The van der Waals surface area contributed by atoms with Crippen LogP contribution in [0.3, 0.4) is 0 Å². The lowest BCUT2D eigenvalue weighted by molar-refractivity contribution is 0.174. The van der Waals surface area contributed by atoms with Crippen LogP contribution >= 0.6 is 24.8 Å². The molecule has 0 spiro atoms. The molecule has 2 heterocycles. The molecule has 0 aliphatic carbocycles. The van der Waals surface area contributed by atoms with Crippen molar-refractivity contribution in [1.29, 1.82) is 0 Å². The van der Waals surface area contributed by atoms with Gasteiger partial charge < -0.3 is 10.2 Å². The number of hydrogen-bond donors (Lipinski definition) is 1. The second kappa shape index (κ2) is 10.2. The molecule has 1 N–H and O–H groups in total. The Morgan fingerprint density at radius 3 is 2.17 bits per heavy atom. The minimum absolute atomic E-state index is 0. The van der Waals surface area contributed by atoms with Gasteiger partial charge >= 0.3 is 0 Å². The van der Waals surface area contributed by atoms with Crippen molar-refractivity contribution in [3.05, 3.63) is 42.5 Å². The lowest BCUT2D eigenvalue weighted by atomic mass is 10.0. The molecule has 2 fully saturated rings. The van der Waals surface area contributed by atoms with Crippen LogP contribution in [0.4, 0.5) is 5.69 Å². The predicted molar refractivity (Wildman–Crippen MR) is 104 cm³/mol. The van der Waals surface area contributed by atoms with Crippen LogP contribution in [0.1, 0.15) is 30.9 Å². The molecular weight excluding hydrogens is 329 g/mol. The third kappa shape index (κ3) is 5.12. The molecule has 1 aromatic carbocycles. The summed E-state index contributed by atoms with van der Waals surface area (Å²) in [4.78, 5) is 5.08. The maximum Gasteiger partial charge on any atom is 0.0383 e. The third-order valence-electron chi connectivity index (χ3n) is 4.73. The van der Waals surface area contributed by atoms with Crippen LogP contribution < -0.4 is 10.2 Å². The SMILES string of the molecule is C=CC[C@H](c1ccc(N2CCCC2)cc1)N1CCNCC1.Cl.Cl. The molecule has 2 aliphatic heterocycles. The van der Waals surface area contributed by atoms with Crippen LogP contribution in [0.2, 0.25) is 0 Å². The quantitative estimate of drug-likeness (QED) is 0.811. The summed E-state index contributed by atoms with van der Waals surface area (Å²) in [7, 11) is 0. The minimum Gasteiger partial charge on any atom is -0.372 e. The molecule has 0 aromatic heterocycles. The van der Waals surface area contributed by atoms with Crippen molar-refractivity contribution >= 4 is 30.5 Å². The lowest BCUT2D eigenvalue weighted by Gasteiger charge is -2.35. The maximum absolute atomic E-state index is 3.95. The summed E-state index contributed by atoms with van der Waals surface area (Å²) in [5.74, 6) is 0. The molecule has 23 heavy (non-hydrogen) atoms. The Kier molecular flexibility index (Phi) is 9.00. The van der Waals surface area contributed by atoms with Gasteiger partial charge in [-0.1, -0.05) is 18.2 Å². The number of nitrogens with one attached hydrogen (secondary N) is 1. The first-order valence-electron chi connectivity index (χ1n) is 8.29. The standard InChI is InChI=1S/C18H27N3.2ClH/c1-2-5-18(21-14-10-19-11-15-21)16-6-8-17(9-7-16)20-12-3-4-13-20;;/h2,6-9,18-19H,1,3-5,10-15H2;2*1H/t18-;;/m1../s1. The van der Waals surface area contributed by atoms with Gasteiger partial charge in [0.15, 0.2) is 0 Å². The normalized spacial score (nSPS) is 19.6. The largest absolute Gasteiger partial charge is 0.372 e. The molecule has 0 unspecified atom stereocenters. The highest BCUT2D eigenvalue weighted by Crippen LogP contribution is 2.28. The van der Waals surface area contributed by atoms with Crippen molar-refractivity contribution < 1.29 is 0 Å². The van der Waals surface area contributed by atoms with Gasteiger partial charge in [-0.2, -0.15) is 0 Å². The van der Waals surface area contributed by atoms with Crippen LogP contribution in [-0.4, -0.2) is 44.2 Å². The van der Waals surface area contributed by atoms with Gasteiger partial charge in [0.05, 0.1) is 0 Å². The van der Waals surface area contributed by atoms with Crippen molar-refractivity contribution in [1.82, 2.24) is 10.2 Å². The van der Waals surface area contributed by atoms with Crippen LogP contribution in [0, 0.1) is 0 Å². The molecule has 1 atom stereocenters. The van der Waals surface area contributed by atoms with Crippen molar-refractivity contribution in [2.45, 2.75) is 25.3 Å². The molecule has 1 aromatic rings. The summed E-state index contributed by atoms with van der Waals surface area (Å²) in [5, 5.41) is 3.44. The van der Waals surface area contributed by atoms with E-state index in [1.54, 1.807) is 0 Å². The molecule has 0 radical (unpaired) electrons. The van der Waals surface area contributed by atoms with Gasteiger partial charge in [-0.25, -0.2) is 0 Å². The van der Waals surface area contributed by atoms with Crippen molar-refractivity contribution in [2.75, 3.05) is 44.2 Å². The van der Waals surface area contributed by atoms with Gasteiger partial charge in [-0.15, -0.1) is 31.4 Å². The van der Waals surface area contributed by atoms with Crippen LogP contribution in [0.5, 0.6) is 0 Å². The summed E-state index contributed by atoms with van der Waals surface area (Å²) in [6, 6.07) is 9.74. The number of rotatable bonds is 5. The van der Waals surface area contributed by atoms with Crippen LogP contribution in [0.25, 0.3) is 0 Å². The molecule has 2 saturated heterocycles. The number of halogens is 2. The van der Waals surface area contributed by atoms with E-state index in [1.807, 2.05) is 0 Å². The summed E-state index contributed by atoms with van der Waals surface area (Å²) >= 11 is 0. The maximum atomic E-state index is 3.95. The van der Waals surface area contributed by atoms with Crippen molar-refractivity contribution in [2.24, 2.45) is 0 Å². The summed E-state index contributed by atoms with van der Waals surface area (Å²) in [5.41, 5.74) is 2.81. The van der Waals surface area contributed by atoms with Gasteiger partial charge in [-0.3, -0.25) is 4.90 Å². The number of benzene rings is 1. The Hall–Kier alpha value is -0.740. The van der Waals surface area contributed by atoms with Gasteiger partial charge in [0.25, 0.3) is 0 Å². The highest BCUT2D eigenvalue weighted by molar-refractivity contribution is 5.85. The Morgan fingerprint density at radius 1 is 1.00 bits per heavy atom. The van der Waals surface area contributed by atoms with E-state index in [-0.39, 0.29) is 24.8 Å². The second-order valence-corrected chi connectivity index (χ2v) is 6.11. The third-order valence-corrected chi connectivity index (χ3v) is 4.73. The number of hydrogen-bond acceptors (Lipinski definition) is 3. The number of nitrogens with zero attached hydrogens (tertiary/aromatic N) is 2. The molecule has 3 rings (SSSR count). The van der Waals surface area contributed by atoms with Gasteiger partial charge in [0.2, 0.25) is 0 Å². The fraction of sp³-hybridized carbons (Fsp3) is 0.556. The molecule has 2 aliphatic rings. The fourth-order valence-electron chi connectivity index (χ4n) is 3.53. The molecular formula is C18H29Cl2N3. The molecule has 0 saturated carbocycles. The average molecular weight is 358 g/mol. The Bertz CT molecular complexity index is 452. The second-order valence-electron chi connectivity index (χ2n) is 6.11. The van der Waals surface area contributed by atoms with E-state index in [4.69, 9.17) is 0 Å². The average Bonchev–Trinajstić information content (AvgIpc) is 3.08.